The van der Waals surface area contributed by atoms with Gasteiger partial charge in [0.2, 0.25) is 0 Å². The second-order valence-electron chi connectivity index (χ2n) is 6.47. The third-order valence-corrected chi connectivity index (χ3v) is 4.60. The minimum atomic E-state index is -0.209. The third-order valence-electron chi connectivity index (χ3n) is 4.60. The van der Waals surface area contributed by atoms with E-state index in [0.717, 1.165) is 25.1 Å². The lowest BCUT2D eigenvalue weighted by Gasteiger charge is -2.14. The molecule has 0 spiro atoms. The number of anilines is 2. The Hall–Kier alpha value is -2.87. The van der Waals surface area contributed by atoms with Gasteiger partial charge in [-0.15, -0.1) is 0 Å². The molecule has 4 rings (SSSR count). The van der Waals surface area contributed by atoms with E-state index in [0.29, 0.717) is 30.9 Å². The summed E-state index contributed by atoms with van der Waals surface area (Å²) in [6.07, 6.45) is 5.78. The zero-order valence-electron chi connectivity index (χ0n) is 14.4. The van der Waals surface area contributed by atoms with Crippen LogP contribution in [0, 0.1) is 0 Å². The van der Waals surface area contributed by atoms with E-state index >= 15 is 0 Å². The van der Waals surface area contributed by atoms with Crippen LogP contribution in [-0.4, -0.2) is 47.5 Å². The van der Waals surface area contributed by atoms with E-state index in [9.17, 15) is 9.59 Å². The Morgan fingerprint density at radius 3 is 2.88 bits per heavy atom. The first-order valence-electron chi connectivity index (χ1n) is 8.80. The Morgan fingerprint density at radius 2 is 2.19 bits per heavy atom. The van der Waals surface area contributed by atoms with Gasteiger partial charge in [-0.2, -0.15) is 5.10 Å². The van der Waals surface area contributed by atoms with Crippen LogP contribution in [0.3, 0.4) is 0 Å². The molecule has 2 aliphatic heterocycles. The monoisotopic (exact) mass is 355 g/mol. The van der Waals surface area contributed by atoms with Crippen LogP contribution < -0.4 is 15.5 Å². The molecule has 0 saturated carbocycles. The normalized spacial score (nSPS) is 19.6. The molecule has 3 heterocycles. The van der Waals surface area contributed by atoms with Crippen molar-refractivity contribution in [1.82, 2.24) is 15.1 Å². The number of rotatable bonds is 5. The number of hydrogen-bond donors (Lipinski definition) is 2. The van der Waals surface area contributed by atoms with Crippen molar-refractivity contribution < 1.29 is 14.3 Å². The van der Waals surface area contributed by atoms with E-state index in [1.54, 1.807) is 40.0 Å². The summed E-state index contributed by atoms with van der Waals surface area (Å²) in [6.45, 7) is 2.78. The lowest BCUT2D eigenvalue weighted by Crippen LogP contribution is -2.27. The van der Waals surface area contributed by atoms with Crippen LogP contribution in [0.15, 0.2) is 36.7 Å². The van der Waals surface area contributed by atoms with Crippen LogP contribution in [0.25, 0.3) is 0 Å². The van der Waals surface area contributed by atoms with Crippen LogP contribution in [0.4, 0.5) is 16.2 Å². The van der Waals surface area contributed by atoms with Crippen LogP contribution in [0.1, 0.15) is 23.2 Å². The molecule has 3 amide bonds. The Kier molecular flexibility index (Phi) is 4.57. The highest BCUT2D eigenvalue weighted by Crippen LogP contribution is 2.19. The van der Waals surface area contributed by atoms with Gasteiger partial charge in [0.1, 0.15) is 0 Å². The van der Waals surface area contributed by atoms with Gasteiger partial charge in [0.05, 0.1) is 24.5 Å². The number of hydrogen-bond acceptors (Lipinski definition) is 4. The summed E-state index contributed by atoms with van der Waals surface area (Å²) in [5.41, 5.74) is 1.96. The molecule has 0 bridgehead atoms. The molecule has 1 atom stereocenters. The molecule has 1 unspecified atom stereocenters. The number of amides is 3. The van der Waals surface area contributed by atoms with E-state index in [4.69, 9.17) is 4.74 Å². The standard InChI is InChI=1S/C18H21N5O3/c24-17(13-3-5-15(6-4-13)23-8-7-19-18(23)25)21-14-10-20-22(11-14)12-16-2-1-9-26-16/h3-6,10-11,16H,1-2,7-9,12H2,(H,19,25)(H,21,24). The second kappa shape index (κ2) is 7.17. The van der Waals surface area contributed by atoms with Crippen molar-refractivity contribution in [2.24, 2.45) is 0 Å². The fourth-order valence-corrected chi connectivity index (χ4v) is 3.24. The van der Waals surface area contributed by atoms with Crippen LogP contribution in [-0.2, 0) is 11.3 Å². The van der Waals surface area contributed by atoms with Gasteiger partial charge in [-0.05, 0) is 37.1 Å². The minimum Gasteiger partial charge on any atom is -0.376 e. The first-order chi connectivity index (χ1) is 12.7. The number of nitrogens with zero attached hydrogens (tertiary/aromatic N) is 3. The largest absolute Gasteiger partial charge is 0.376 e. The van der Waals surface area contributed by atoms with Crippen LogP contribution >= 0.6 is 0 Å². The Morgan fingerprint density at radius 1 is 1.35 bits per heavy atom. The highest BCUT2D eigenvalue weighted by Gasteiger charge is 2.21. The first-order valence-corrected chi connectivity index (χ1v) is 8.80. The van der Waals surface area contributed by atoms with E-state index in [2.05, 4.69) is 15.7 Å². The van der Waals surface area contributed by atoms with Gasteiger partial charge in [0.15, 0.2) is 0 Å². The predicted molar refractivity (Wildman–Crippen MR) is 96.3 cm³/mol. The van der Waals surface area contributed by atoms with E-state index in [1.165, 1.54) is 0 Å². The molecule has 26 heavy (non-hydrogen) atoms. The predicted octanol–water partition coefficient (Wildman–Crippen LogP) is 1.84. The molecule has 2 N–H and O–H groups in total. The third kappa shape index (κ3) is 3.55. The fourth-order valence-electron chi connectivity index (χ4n) is 3.24. The second-order valence-corrected chi connectivity index (χ2v) is 6.47. The SMILES string of the molecule is O=C(Nc1cnn(CC2CCCO2)c1)c1ccc(N2CCNC2=O)cc1. The molecule has 1 aromatic carbocycles. The molecular formula is C18H21N5O3. The maximum atomic E-state index is 12.4. The van der Waals surface area contributed by atoms with Gasteiger partial charge < -0.3 is 15.4 Å². The molecule has 2 fully saturated rings. The van der Waals surface area contributed by atoms with Gasteiger partial charge in [-0.3, -0.25) is 14.4 Å². The van der Waals surface area contributed by atoms with E-state index < -0.39 is 0 Å². The summed E-state index contributed by atoms with van der Waals surface area (Å²) in [4.78, 5) is 25.7. The molecule has 0 aliphatic carbocycles. The number of benzene rings is 1. The van der Waals surface area contributed by atoms with E-state index in [-0.39, 0.29) is 18.0 Å². The van der Waals surface area contributed by atoms with Gasteiger partial charge in [0, 0.05) is 37.1 Å². The molecule has 136 valence electrons. The molecule has 2 aliphatic rings. The molecule has 8 heteroatoms. The molecule has 8 nitrogen and oxygen atoms in total. The maximum Gasteiger partial charge on any atom is 0.321 e. The number of carbonyl (C=O) groups is 2. The van der Waals surface area contributed by atoms with Crippen molar-refractivity contribution in [1.29, 1.82) is 0 Å². The van der Waals surface area contributed by atoms with Crippen molar-refractivity contribution in [3.63, 3.8) is 0 Å². The highest BCUT2D eigenvalue weighted by atomic mass is 16.5. The number of carbonyl (C=O) groups excluding carboxylic acids is 2. The van der Waals surface area contributed by atoms with Crippen molar-refractivity contribution in [3.05, 3.63) is 42.2 Å². The summed E-state index contributed by atoms with van der Waals surface area (Å²) in [5.74, 6) is -0.209. The van der Waals surface area contributed by atoms with Crippen LogP contribution in [0.2, 0.25) is 0 Å². The number of aromatic nitrogens is 2. The van der Waals surface area contributed by atoms with Crippen molar-refractivity contribution in [2.75, 3.05) is 29.9 Å². The summed E-state index contributed by atoms with van der Waals surface area (Å²) < 4.78 is 7.39. The molecule has 2 aromatic rings. The molecule has 0 radical (unpaired) electrons. The lowest BCUT2D eigenvalue weighted by atomic mass is 10.2. The van der Waals surface area contributed by atoms with Crippen molar-refractivity contribution in [2.45, 2.75) is 25.5 Å². The maximum absolute atomic E-state index is 12.4. The molecular weight excluding hydrogens is 334 g/mol. The van der Waals surface area contributed by atoms with Crippen LogP contribution in [0.5, 0.6) is 0 Å². The summed E-state index contributed by atoms with van der Waals surface area (Å²) >= 11 is 0. The lowest BCUT2D eigenvalue weighted by molar-refractivity contribution is 0.0940. The smallest absolute Gasteiger partial charge is 0.321 e. The Labute approximate surface area is 151 Å². The van der Waals surface area contributed by atoms with Gasteiger partial charge >= 0.3 is 6.03 Å². The molecule has 2 saturated heterocycles. The topological polar surface area (TPSA) is 88.5 Å². The summed E-state index contributed by atoms with van der Waals surface area (Å²) in [5, 5.41) is 9.87. The zero-order chi connectivity index (χ0) is 17.9. The average Bonchev–Trinajstić information content (AvgIpc) is 3.39. The first kappa shape index (κ1) is 16.6. The fraction of sp³-hybridized carbons (Fsp3) is 0.389. The van der Waals surface area contributed by atoms with Gasteiger partial charge in [-0.25, -0.2) is 4.79 Å². The van der Waals surface area contributed by atoms with Crippen molar-refractivity contribution >= 4 is 23.3 Å². The minimum absolute atomic E-state index is 0.110. The quantitative estimate of drug-likeness (QED) is 0.857. The Balaban J connectivity index is 1.37. The Bertz CT molecular complexity index is 795. The average molecular weight is 355 g/mol. The number of nitrogens with one attached hydrogen (secondary N) is 2. The zero-order valence-corrected chi connectivity index (χ0v) is 14.4. The summed E-state index contributed by atoms with van der Waals surface area (Å²) in [7, 11) is 0. The van der Waals surface area contributed by atoms with Gasteiger partial charge in [0.25, 0.3) is 5.91 Å². The number of urea groups is 1. The van der Waals surface area contributed by atoms with Crippen molar-refractivity contribution in [3.8, 4) is 0 Å². The number of ether oxygens (including phenoxy) is 1. The summed E-state index contributed by atoms with van der Waals surface area (Å²) in [6, 6.07) is 6.88. The van der Waals surface area contributed by atoms with Gasteiger partial charge in [-0.1, -0.05) is 0 Å². The highest BCUT2D eigenvalue weighted by molar-refractivity contribution is 6.04. The molecule has 1 aromatic heterocycles. The van der Waals surface area contributed by atoms with E-state index in [1.807, 2.05) is 6.20 Å².